The van der Waals surface area contributed by atoms with E-state index >= 15 is 0 Å². The van der Waals surface area contributed by atoms with Gasteiger partial charge in [-0.15, -0.1) is 0 Å². The molecule has 1 fully saturated rings. The molecule has 1 aliphatic rings. The van der Waals surface area contributed by atoms with E-state index in [9.17, 15) is 9.90 Å². The van der Waals surface area contributed by atoms with E-state index in [1.165, 1.54) is 6.07 Å². The zero-order chi connectivity index (χ0) is 22.1. The second-order valence-electron chi connectivity index (χ2n) is 7.28. The molecule has 0 bridgehead atoms. The molecular formula is C23H31N5O3. The number of carbonyl (C=O) groups excluding carboxylic acids is 1. The van der Waals surface area contributed by atoms with Crippen LogP contribution in [0.5, 0.6) is 11.5 Å². The number of ether oxygens (including phenoxy) is 1. The Hall–Kier alpha value is -3.42. The van der Waals surface area contributed by atoms with Crippen molar-refractivity contribution in [2.24, 2.45) is 4.99 Å². The van der Waals surface area contributed by atoms with E-state index in [1.54, 1.807) is 25.3 Å². The Kier molecular flexibility index (Phi) is 7.98. The summed E-state index contributed by atoms with van der Waals surface area (Å²) in [5.41, 5.74) is 1.36. The van der Waals surface area contributed by atoms with Gasteiger partial charge < -0.3 is 30.7 Å². The van der Waals surface area contributed by atoms with Crippen LogP contribution in [-0.2, 0) is 0 Å². The van der Waals surface area contributed by atoms with Gasteiger partial charge in [0.15, 0.2) is 5.96 Å². The molecule has 1 amide bonds. The molecular weight excluding hydrogens is 394 g/mol. The molecule has 1 unspecified atom stereocenters. The number of hydrogen-bond donors (Lipinski definition) is 4. The highest BCUT2D eigenvalue weighted by molar-refractivity contribution is 5.96. The third-order valence-electron chi connectivity index (χ3n) is 5.12. The van der Waals surface area contributed by atoms with E-state index in [0.717, 1.165) is 43.5 Å². The molecule has 31 heavy (non-hydrogen) atoms. The number of guanidine groups is 1. The van der Waals surface area contributed by atoms with Crippen LogP contribution in [-0.4, -0.2) is 62.8 Å². The highest BCUT2D eigenvalue weighted by Crippen LogP contribution is 2.30. The van der Waals surface area contributed by atoms with Crippen molar-refractivity contribution in [3.63, 3.8) is 0 Å². The number of amides is 1. The van der Waals surface area contributed by atoms with Crippen molar-refractivity contribution in [2.45, 2.75) is 19.4 Å². The second-order valence-corrected chi connectivity index (χ2v) is 7.28. The summed E-state index contributed by atoms with van der Waals surface area (Å²) >= 11 is 0. The maximum absolute atomic E-state index is 12.2. The number of methoxy groups -OCH3 is 1. The minimum Gasteiger partial charge on any atom is -0.507 e. The van der Waals surface area contributed by atoms with E-state index in [4.69, 9.17) is 4.74 Å². The Labute approximate surface area is 183 Å². The number of nitrogens with zero attached hydrogens (tertiary/aromatic N) is 2. The second kappa shape index (κ2) is 11.1. The number of aromatic hydroxyl groups is 1. The number of hydrogen-bond acceptors (Lipinski definition) is 5. The van der Waals surface area contributed by atoms with Crippen molar-refractivity contribution < 1.29 is 14.6 Å². The first-order chi connectivity index (χ1) is 15.1. The van der Waals surface area contributed by atoms with Crippen molar-refractivity contribution in [1.82, 2.24) is 16.0 Å². The van der Waals surface area contributed by atoms with Crippen LogP contribution in [0.15, 0.2) is 53.5 Å². The molecule has 1 atom stereocenters. The van der Waals surface area contributed by atoms with Gasteiger partial charge >= 0.3 is 0 Å². The maximum Gasteiger partial charge on any atom is 0.255 e. The predicted molar refractivity (Wildman–Crippen MR) is 123 cm³/mol. The first kappa shape index (κ1) is 22.3. The van der Waals surface area contributed by atoms with Crippen molar-refractivity contribution in [3.05, 3.63) is 54.1 Å². The lowest BCUT2D eigenvalue weighted by molar-refractivity contribution is 0.0952. The van der Waals surface area contributed by atoms with E-state index in [2.05, 4.69) is 31.9 Å². The quantitative estimate of drug-likeness (QED) is 0.293. The summed E-state index contributed by atoms with van der Waals surface area (Å²) in [6, 6.07) is 14.8. The topological polar surface area (TPSA) is 98.2 Å². The molecule has 0 spiro atoms. The van der Waals surface area contributed by atoms with Crippen LogP contribution in [0.25, 0.3) is 0 Å². The van der Waals surface area contributed by atoms with Gasteiger partial charge in [-0.3, -0.25) is 9.79 Å². The average Bonchev–Trinajstić information content (AvgIpc) is 3.25. The Balaban J connectivity index is 1.51. The van der Waals surface area contributed by atoms with Gasteiger partial charge in [0, 0.05) is 32.2 Å². The average molecular weight is 426 g/mol. The molecule has 1 aliphatic heterocycles. The number of phenolic OH excluding ortho intramolecular Hbond substituents is 1. The van der Waals surface area contributed by atoms with Crippen molar-refractivity contribution in [3.8, 4) is 11.5 Å². The van der Waals surface area contributed by atoms with Crippen LogP contribution in [0, 0.1) is 0 Å². The Morgan fingerprint density at radius 1 is 1.19 bits per heavy atom. The number of anilines is 1. The van der Waals surface area contributed by atoms with E-state index in [-0.39, 0.29) is 23.3 Å². The number of nitrogens with one attached hydrogen (secondary N) is 3. The minimum absolute atomic E-state index is 0.0284. The summed E-state index contributed by atoms with van der Waals surface area (Å²) < 4.78 is 5.49. The Morgan fingerprint density at radius 3 is 2.74 bits per heavy atom. The first-order valence-corrected chi connectivity index (χ1v) is 10.6. The summed E-state index contributed by atoms with van der Waals surface area (Å²) in [5, 5.41) is 19.3. The summed E-state index contributed by atoms with van der Waals surface area (Å²) in [6.45, 7) is 5.37. The van der Waals surface area contributed by atoms with Gasteiger partial charge in [-0.2, -0.15) is 0 Å². The van der Waals surface area contributed by atoms with Crippen LogP contribution >= 0.6 is 0 Å². The number of phenols is 1. The molecule has 1 saturated heterocycles. The fraction of sp³-hybridized carbons (Fsp3) is 0.391. The lowest BCUT2D eigenvalue weighted by atomic mass is 10.2. The van der Waals surface area contributed by atoms with Crippen LogP contribution < -0.4 is 25.6 Å². The molecule has 0 aliphatic carbocycles. The first-order valence-electron chi connectivity index (χ1n) is 10.6. The van der Waals surface area contributed by atoms with Gasteiger partial charge in [-0.25, -0.2) is 0 Å². The van der Waals surface area contributed by atoms with Gasteiger partial charge in [0.1, 0.15) is 11.5 Å². The summed E-state index contributed by atoms with van der Waals surface area (Å²) in [4.78, 5) is 19.1. The van der Waals surface area contributed by atoms with E-state index in [1.807, 2.05) is 25.1 Å². The molecule has 166 valence electrons. The third-order valence-corrected chi connectivity index (χ3v) is 5.12. The normalized spacial score (nSPS) is 16.1. The van der Waals surface area contributed by atoms with Gasteiger partial charge in [-0.05, 0) is 37.6 Å². The number of para-hydroxylation sites is 3. The Morgan fingerprint density at radius 2 is 1.97 bits per heavy atom. The van der Waals surface area contributed by atoms with Crippen LogP contribution in [0.3, 0.4) is 0 Å². The predicted octanol–water partition coefficient (Wildman–Crippen LogP) is 1.96. The number of aliphatic imine (C=N–C) groups is 1. The Bertz CT molecular complexity index is 902. The van der Waals surface area contributed by atoms with Gasteiger partial charge in [0.2, 0.25) is 0 Å². The molecule has 8 heteroatoms. The molecule has 4 N–H and O–H groups in total. The monoisotopic (exact) mass is 425 g/mol. The van der Waals surface area contributed by atoms with Gasteiger partial charge in [-0.1, -0.05) is 24.3 Å². The van der Waals surface area contributed by atoms with E-state index in [0.29, 0.717) is 13.1 Å². The zero-order valence-corrected chi connectivity index (χ0v) is 18.1. The molecule has 3 rings (SSSR count). The number of benzene rings is 2. The molecule has 0 saturated carbocycles. The number of rotatable bonds is 8. The van der Waals surface area contributed by atoms with E-state index < -0.39 is 0 Å². The molecule has 0 aromatic heterocycles. The highest BCUT2D eigenvalue weighted by atomic mass is 16.5. The standard InChI is InChI=1S/C23H31N5O3/c1-3-24-23(26-14-13-25-22(30)18-8-4-6-10-20(18)29)27-17-12-15-28(16-17)19-9-5-7-11-21(19)31-2/h4-11,17,29H,3,12-16H2,1-2H3,(H,25,30)(H2,24,26,27). The molecule has 2 aromatic rings. The van der Waals surface area contributed by atoms with Gasteiger partial charge in [0.05, 0.1) is 24.9 Å². The molecule has 8 nitrogen and oxygen atoms in total. The fourth-order valence-electron chi connectivity index (χ4n) is 3.60. The van der Waals surface area contributed by atoms with Crippen molar-refractivity contribution in [1.29, 1.82) is 0 Å². The van der Waals surface area contributed by atoms with Crippen LogP contribution in [0.4, 0.5) is 5.69 Å². The lowest BCUT2D eigenvalue weighted by Crippen LogP contribution is -2.45. The maximum atomic E-state index is 12.2. The fourth-order valence-corrected chi connectivity index (χ4v) is 3.60. The molecule has 1 heterocycles. The smallest absolute Gasteiger partial charge is 0.255 e. The van der Waals surface area contributed by atoms with Crippen molar-refractivity contribution in [2.75, 3.05) is 44.7 Å². The molecule has 2 aromatic carbocycles. The minimum atomic E-state index is -0.311. The largest absolute Gasteiger partial charge is 0.507 e. The highest BCUT2D eigenvalue weighted by Gasteiger charge is 2.25. The molecule has 0 radical (unpaired) electrons. The van der Waals surface area contributed by atoms with Crippen LogP contribution in [0.2, 0.25) is 0 Å². The summed E-state index contributed by atoms with van der Waals surface area (Å²) in [5.74, 6) is 1.27. The van der Waals surface area contributed by atoms with Gasteiger partial charge in [0.25, 0.3) is 5.91 Å². The SMILES string of the molecule is CCNC(=NCCNC(=O)c1ccccc1O)NC1CCN(c2ccccc2OC)C1. The summed E-state index contributed by atoms with van der Waals surface area (Å²) in [6.07, 6.45) is 0.993. The van der Waals surface area contributed by atoms with Crippen molar-refractivity contribution >= 4 is 17.6 Å². The third kappa shape index (κ3) is 6.04. The van der Waals surface area contributed by atoms with Crippen LogP contribution in [0.1, 0.15) is 23.7 Å². The summed E-state index contributed by atoms with van der Waals surface area (Å²) in [7, 11) is 1.69. The zero-order valence-electron chi connectivity index (χ0n) is 18.1. The lowest BCUT2D eigenvalue weighted by Gasteiger charge is -2.22. The number of carbonyl (C=O) groups is 1.